The Bertz CT molecular complexity index is 765. The first-order chi connectivity index (χ1) is 13.4. The molecule has 2 aromatic rings. The quantitative estimate of drug-likeness (QED) is 0.627. The molecule has 0 bridgehead atoms. The summed E-state index contributed by atoms with van der Waals surface area (Å²) >= 11 is 1.29. The molecule has 0 aliphatic carbocycles. The van der Waals surface area contributed by atoms with Crippen LogP contribution < -0.4 is 4.74 Å². The highest BCUT2D eigenvalue weighted by Gasteiger charge is 2.29. The molecule has 7 heteroatoms. The monoisotopic (exact) mass is 403 g/mol. The third kappa shape index (κ3) is 5.28. The number of nitrogens with zero attached hydrogens (tertiary/aromatic N) is 3. The molecule has 3 rings (SSSR count). The van der Waals surface area contributed by atoms with Gasteiger partial charge in [-0.2, -0.15) is 0 Å². The molecule has 2 atom stereocenters. The van der Waals surface area contributed by atoms with Gasteiger partial charge in [0.2, 0.25) is 5.91 Å². The van der Waals surface area contributed by atoms with E-state index in [-0.39, 0.29) is 12.5 Å². The number of carbonyl (C=O) groups excluding carboxylic acids is 1. The maximum atomic E-state index is 12.6. The molecular formula is C21H29N3O3S. The van der Waals surface area contributed by atoms with Crippen molar-refractivity contribution in [1.82, 2.24) is 15.1 Å². The molecule has 1 fully saturated rings. The Labute approximate surface area is 171 Å². The molecule has 0 spiro atoms. The van der Waals surface area contributed by atoms with Crippen LogP contribution in [-0.2, 0) is 11.4 Å². The zero-order valence-electron chi connectivity index (χ0n) is 17.1. The van der Waals surface area contributed by atoms with Crippen LogP contribution in [0.25, 0.3) is 0 Å². The fourth-order valence-corrected chi connectivity index (χ4v) is 4.21. The first-order valence-electron chi connectivity index (χ1n) is 9.93. The second kappa shape index (κ2) is 9.45. The van der Waals surface area contributed by atoms with Gasteiger partial charge in [0, 0.05) is 12.1 Å². The van der Waals surface area contributed by atoms with Gasteiger partial charge in [0.15, 0.2) is 6.61 Å². The summed E-state index contributed by atoms with van der Waals surface area (Å²) in [5.74, 6) is 2.10. The second-order valence-electron chi connectivity index (χ2n) is 7.69. The predicted octanol–water partition coefficient (Wildman–Crippen LogP) is 4.65. The van der Waals surface area contributed by atoms with Crippen LogP contribution in [0.1, 0.15) is 64.3 Å². The minimum absolute atomic E-state index is 0.131. The summed E-state index contributed by atoms with van der Waals surface area (Å²) in [6.45, 7) is 8.76. The average molecular weight is 404 g/mol. The van der Waals surface area contributed by atoms with Crippen LogP contribution in [0.4, 0.5) is 0 Å². The Morgan fingerprint density at radius 1 is 1.21 bits per heavy atom. The van der Waals surface area contributed by atoms with Crippen molar-refractivity contribution in [2.75, 3.05) is 5.75 Å². The molecule has 2 heterocycles. The van der Waals surface area contributed by atoms with E-state index in [9.17, 15) is 4.79 Å². The zero-order valence-corrected chi connectivity index (χ0v) is 17.9. The number of piperidine rings is 1. The predicted molar refractivity (Wildman–Crippen MR) is 110 cm³/mol. The zero-order chi connectivity index (χ0) is 20.1. The molecule has 0 N–H and O–H groups in total. The number of hydrogen-bond acceptors (Lipinski definition) is 6. The van der Waals surface area contributed by atoms with Gasteiger partial charge >= 0.3 is 0 Å². The summed E-state index contributed by atoms with van der Waals surface area (Å²) in [5.41, 5.74) is 1.27. The summed E-state index contributed by atoms with van der Waals surface area (Å²) in [6, 6.07) is 8.60. The van der Waals surface area contributed by atoms with E-state index in [1.54, 1.807) is 0 Å². The van der Waals surface area contributed by atoms with Crippen molar-refractivity contribution >= 4 is 17.7 Å². The van der Waals surface area contributed by atoms with Crippen molar-refractivity contribution in [2.24, 2.45) is 0 Å². The molecule has 1 aromatic heterocycles. The maximum Gasteiger partial charge on any atom is 0.277 e. The number of rotatable bonds is 7. The highest BCUT2D eigenvalue weighted by molar-refractivity contribution is 7.99. The lowest BCUT2D eigenvalue weighted by Crippen LogP contribution is -2.48. The molecular weight excluding hydrogens is 374 g/mol. The normalized spacial score (nSPS) is 19.8. The highest BCUT2D eigenvalue weighted by Crippen LogP contribution is 2.25. The van der Waals surface area contributed by atoms with E-state index in [2.05, 4.69) is 50.0 Å². The van der Waals surface area contributed by atoms with Crippen molar-refractivity contribution in [3.05, 3.63) is 35.7 Å². The van der Waals surface area contributed by atoms with E-state index >= 15 is 0 Å². The third-order valence-electron chi connectivity index (χ3n) is 5.16. The third-order valence-corrected chi connectivity index (χ3v) is 5.96. The van der Waals surface area contributed by atoms with Gasteiger partial charge in [-0.25, -0.2) is 0 Å². The molecule has 1 aromatic carbocycles. The van der Waals surface area contributed by atoms with E-state index in [1.807, 2.05) is 17.0 Å². The summed E-state index contributed by atoms with van der Waals surface area (Å²) in [7, 11) is 0. The lowest BCUT2D eigenvalue weighted by Gasteiger charge is -2.39. The summed E-state index contributed by atoms with van der Waals surface area (Å²) < 4.78 is 11.3. The van der Waals surface area contributed by atoms with Crippen molar-refractivity contribution < 1.29 is 13.9 Å². The first kappa shape index (κ1) is 20.7. The van der Waals surface area contributed by atoms with Crippen LogP contribution in [0.15, 0.2) is 33.9 Å². The Balaban J connectivity index is 1.48. The maximum absolute atomic E-state index is 12.6. The van der Waals surface area contributed by atoms with Gasteiger partial charge in [-0.3, -0.25) is 4.79 Å². The Morgan fingerprint density at radius 2 is 1.89 bits per heavy atom. The lowest BCUT2D eigenvalue weighted by atomic mass is 9.98. The van der Waals surface area contributed by atoms with Crippen LogP contribution in [0, 0.1) is 0 Å². The number of hydrogen-bond donors (Lipinski definition) is 0. The molecule has 0 radical (unpaired) electrons. The molecule has 6 nitrogen and oxygen atoms in total. The molecule has 0 unspecified atom stereocenters. The molecule has 28 heavy (non-hydrogen) atoms. The molecule has 1 amide bonds. The van der Waals surface area contributed by atoms with Crippen LogP contribution in [0.5, 0.6) is 5.75 Å². The first-order valence-corrected chi connectivity index (χ1v) is 10.9. The van der Waals surface area contributed by atoms with Gasteiger partial charge in [-0.1, -0.05) is 37.7 Å². The van der Waals surface area contributed by atoms with Gasteiger partial charge in [-0.05, 0) is 56.7 Å². The van der Waals surface area contributed by atoms with Crippen molar-refractivity contribution in [2.45, 2.75) is 76.8 Å². The number of benzene rings is 1. The van der Waals surface area contributed by atoms with Crippen molar-refractivity contribution in [3.63, 3.8) is 0 Å². The van der Waals surface area contributed by atoms with Crippen LogP contribution in [0.3, 0.4) is 0 Å². The SMILES string of the molecule is CC(C)c1ccc(OCc2nnc(SCC(=O)N3[C@H](C)CCC[C@@H]3C)o2)cc1. The highest BCUT2D eigenvalue weighted by atomic mass is 32.2. The van der Waals surface area contributed by atoms with Crippen LogP contribution in [0.2, 0.25) is 0 Å². The van der Waals surface area contributed by atoms with Crippen LogP contribution in [-0.4, -0.2) is 38.8 Å². The van der Waals surface area contributed by atoms with Crippen molar-refractivity contribution in [3.8, 4) is 5.75 Å². The van der Waals surface area contributed by atoms with E-state index in [0.717, 1.165) is 18.6 Å². The average Bonchev–Trinajstić information content (AvgIpc) is 3.13. The number of ether oxygens (including phenoxy) is 1. The van der Waals surface area contributed by atoms with Crippen molar-refractivity contribution in [1.29, 1.82) is 0 Å². The number of amides is 1. The lowest BCUT2D eigenvalue weighted by molar-refractivity contribution is -0.134. The molecule has 1 saturated heterocycles. The topological polar surface area (TPSA) is 68.5 Å². The van der Waals surface area contributed by atoms with E-state index in [1.165, 1.54) is 23.7 Å². The fraction of sp³-hybridized carbons (Fsp3) is 0.571. The smallest absolute Gasteiger partial charge is 0.277 e. The Hall–Kier alpha value is -2.02. The minimum Gasteiger partial charge on any atom is -0.484 e. The van der Waals surface area contributed by atoms with E-state index in [0.29, 0.717) is 34.9 Å². The fourth-order valence-electron chi connectivity index (χ4n) is 3.56. The number of likely N-dealkylation sites (tertiary alicyclic amines) is 1. The Morgan fingerprint density at radius 3 is 2.54 bits per heavy atom. The number of aromatic nitrogens is 2. The summed E-state index contributed by atoms with van der Waals surface area (Å²) in [6.07, 6.45) is 3.33. The largest absolute Gasteiger partial charge is 0.484 e. The molecule has 1 aliphatic rings. The summed E-state index contributed by atoms with van der Waals surface area (Å²) in [5, 5.41) is 8.43. The number of thioether (sulfide) groups is 1. The van der Waals surface area contributed by atoms with E-state index in [4.69, 9.17) is 9.15 Å². The number of carbonyl (C=O) groups is 1. The Kier molecular flexibility index (Phi) is 6.99. The van der Waals surface area contributed by atoms with E-state index < -0.39 is 0 Å². The second-order valence-corrected chi connectivity index (χ2v) is 8.62. The molecule has 1 aliphatic heterocycles. The minimum atomic E-state index is 0.131. The van der Waals surface area contributed by atoms with Gasteiger partial charge in [0.05, 0.1) is 5.75 Å². The van der Waals surface area contributed by atoms with Crippen LogP contribution >= 0.6 is 11.8 Å². The van der Waals surface area contributed by atoms with Gasteiger partial charge < -0.3 is 14.1 Å². The standard InChI is InChI=1S/C21H29N3O3S/c1-14(2)17-8-10-18(11-9-17)26-12-19-22-23-21(27-19)28-13-20(25)24-15(3)6-5-7-16(24)4/h8-11,14-16H,5-7,12-13H2,1-4H3/t15-,16+. The molecule has 152 valence electrons. The van der Waals surface area contributed by atoms with Gasteiger partial charge in [0.1, 0.15) is 5.75 Å². The van der Waals surface area contributed by atoms with Gasteiger partial charge in [0.25, 0.3) is 11.1 Å². The molecule has 0 saturated carbocycles. The van der Waals surface area contributed by atoms with Gasteiger partial charge in [-0.15, -0.1) is 10.2 Å². The summed E-state index contributed by atoms with van der Waals surface area (Å²) in [4.78, 5) is 14.6.